The van der Waals surface area contributed by atoms with Crippen LogP contribution in [0, 0.1) is 5.41 Å². The van der Waals surface area contributed by atoms with Gasteiger partial charge in [0.2, 0.25) is 11.8 Å². The molecule has 0 spiro atoms. The molecule has 0 atom stereocenters. The first-order chi connectivity index (χ1) is 9.58. The molecule has 20 heavy (non-hydrogen) atoms. The van der Waals surface area contributed by atoms with E-state index in [0.29, 0.717) is 12.8 Å². The van der Waals surface area contributed by atoms with Gasteiger partial charge in [-0.25, -0.2) is 0 Å². The first kappa shape index (κ1) is 14.4. The molecule has 5 heteroatoms. The maximum atomic E-state index is 12.4. The quantitative estimate of drug-likeness (QED) is 0.504. The minimum Gasteiger partial charge on any atom is -0.302 e. The molecule has 0 bridgehead atoms. The SMILES string of the molecule is C/C=C/CC1(Cc2ccccc2)C(=O)NC(=S)NC1=O. The maximum Gasteiger partial charge on any atom is 0.242 e. The molecule has 0 unspecified atom stereocenters. The van der Waals surface area contributed by atoms with Crippen molar-refractivity contribution >= 4 is 29.1 Å². The van der Waals surface area contributed by atoms with Crippen molar-refractivity contribution in [2.45, 2.75) is 19.8 Å². The van der Waals surface area contributed by atoms with Gasteiger partial charge in [0, 0.05) is 0 Å². The molecule has 1 aliphatic rings. The first-order valence-corrected chi connectivity index (χ1v) is 6.81. The second-order valence-corrected chi connectivity index (χ2v) is 5.16. The molecule has 1 aliphatic heterocycles. The zero-order chi connectivity index (χ0) is 14.6. The summed E-state index contributed by atoms with van der Waals surface area (Å²) in [4.78, 5) is 24.7. The van der Waals surface area contributed by atoms with Crippen LogP contribution in [0.4, 0.5) is 0 Å². The minimum atomic E-state index is -1.14. The molecule has 0 aromatic heterocycles. The Labute approximate surface area is 123 Å². The van der Waals surface area contributed by atoms with Crippen molar-refractivity contribution in [3.05, 3.63) is 48.0 Å². The molecule has 0 aliphatic carbocycles. The second kappa shape index (κ2) is 5.96. The van der Waals surface area contributed by atoms with Crippen LogP contribution in [0.3, 0.4) is 0 Å². The van der Waals surface area contributed by atoms with Crippen molar-refractivity contribution in [3.63, 3.8) is 0 Å². The zero-order valence-electron chi connectivity index (χ0n) is 11.2. The minimum absolute atomic E-state index is 0.0733. The van der Waals surface area contributed by atoms with Crippen molar-refractivity contribution in [3.8, 4) is 0 Å². The summed E-state index contributed by atoms with van der Waals surface area (Å²) in [6.45, 7) is 1.86. The van der Waals surface area contributed by atoms with Crippen LogP contribution >= 0.6 is 12.2 Å². The fraction of sp³-hybridized carbons (Fsp3) is 0.267. The predicted molar refractivity (Wildman–Crippen MR) is 80.9 cm³/mol. The van der Waals surface area contributed by atoms with Gasteiger partial charge in [-0.3, -0.25) is 9.59 Å². The lowest BCUT2D eigenvalue weighted by Crippen LogP contribution is -2.63. The molecule has 2 rings (SSSR count). The van der Waals surface area contributed by atoms with Crippen LogP contribution in [0.5, 0.6) is 0 Å². The first-order valence-electron chi connectivity index (χ1n) is 6.40. The van der Waals surface area contributed by atoms with Gasteiger partial charge in [0.15, 0.2) is 5.11 Å². The maximum absolute atomic E-state index is 12.4. The number of nitrogens with one attached hydrogen (secondary N) is 2. The molecule has 1 heterocycles. The Morgan fingerprint density at radius 3 is 2.30 bits per heavy atom. The normalized spacial score (nSPS) is 17.9. The Bertz CT molecular complexity index is 546. The van der Waals surface area contributed by atoms with E-state index in [1.165, 1.54) is 0 Å². The Morgan fingerprint density at radius 2 is 1.75 bits per heavy atom. The largest absolute Gasteiger partial charge is 0.302 e. The molecular weight excluding hydrogens is 272 g/mol. The van der Waals surface area contributed by atoms with Crippen LogP contribution in [-0.4, -0.2) is 16.9 Å². The summed E-state index contributed by atoms with van der Waals surface area (Å²) in [6.07, 6.45) is 4.35. The lowest BCUT2D eigenvalue weighted by Gasteiger charge is -2.34. The average Bonchev–Trinajstić information content (AvgIpc) is 2.42. The summed E-state index contributed by atoms with van der Waals surface area (Å²) in [5.41, 5.74) is -0.203. The van der Waals surface area contributed by atoms with Crippen molar-refractivity contribution in [1.29, 1.82) is 0 Å². The van der Waals surface area contributed by atoms with Gasteiger partial charge < -0.3 is 10.6 Å². The van der Waals surface area contributed by atoms with Crippen LogP contribution in [-0.2, 0) is 16.0 Å². The van der Waals surface area contributed by atoms with E-state index in [-0.39, 0.29) is 16.9 Å². The van der Waals surface area contributed by atoms with E-state index >= 15 is 0 Å². The molecule has 1 saturated heterocycles. The van der Waals surface area contributed by atoms with Gasteiger partial charge >= 0.3 is 0 Å². The van der Waals surface area contributed by atoms with E-state index in [4.69, 9.17) is 12.2 Å². The standard InChI is InChI=1S/C15H16N2O2S/c1-2-3-9-15(10-11-7-5-4-6-8-11)12(18)16-14(20)17-13(15)19/h2-8H,9-10H2,1H3,(H2,16,17,18,19,20)/b3-2+. The van der Waals surface area contributed by atoms with Crippen molar-refractivity contribution in [2.24, 2.45) is 5.41 Å². The summed E-state index contributed by atoms with van der Waals surface area (Å²) in [5, 5.41) is 5.19. The molecule has 1 fully saturated rings. The Balaban J connectivity index is 2.37. The topological polar surface area (TPSA) is 58.2 Å². The summed E-state index contributed by atoms with van der Waals surface area (Å²) in [5.74, 6) is -0.679. The van der Waals surface area contributed by atoms with E-state index in [1.807, 2.05) is 49.4 Å². The molecule has 2 amide bonds. The highest BCUT2D eigenvalue weighted by Gasteiger charge is 2.48. The molecule has 104 valence electrons. The van der Waals surface area contributed by atoms with Gasteiger partial charge in [-0.15, -0.1) is 0 Å². The van der Waals surface area contributed by atoms with Crippen molar-refractivity contribution in [2.75, 3.05) is 0 Å². The highest BCUT2D eigenvalue weighted by molar-refractivity contribution is 7.80. The number of amides is 2. The number of hydrogen-bond donors (Lipinski definition) is 2. The molecular formula is C15H16N2O2S. The number of carbonyl (C=O) groups excluding carboxylic acids is 2. The third-order valence-corrected chi connectivity index (χ3v) is 3.58. The van der Waals surface area contributed by atoms with Gasteiger partial charge in [-0.05, 0) is 37.5 Å². The fourth-order valence-electron chi connectivity index (χ4n) is 2.26. The van der Waals surface area contributed by atoms with E-state index < -0.39 is 5.41 Å². The third-order valence-electron chi connectivity index (χ3n) is 3.37. The molecule has 1 aromatic carbocycles. The van der Waals surface area contributed by atoms with Gasteiger partial charge in [-0.1, -0.05) is 42.5 Å². The van der Waals surface area contributed by atoms with Crippen molar-refractivity contribution < 1.29 is 9.59 Å². The Hall–Kier alpha value is -2.01. The number of allylic oxidation sites excluding steroid dienone is 2. The van der Waals surface area contributed by atoms with E-state index in [9.17, 15) is 9.59 Å². The molecule has 0 saturated carbocycles. The molecule has 0 radical (unpaired) electrons. The lowest BCUT2D eigenvalue weighted by molar-refractivity contribution is -0.143. The van der Waals surface area contributed by atoms with Crippen LogP contribution in [0.2, 0.25) is 0 Å². The highest BCUT2D eigenvalue weighted by atomic mass is 32.1. The van der Waals surface area contributed by atoms with E-state index in [0.717, 1.165) is 5.56 Å². The molecule has 2 N–H and O–H groups in total. The van der Waals surface area contributed by atoms with E-state index in [2.05, 4.69) is 10.6 Å². The summed E-state index contributed by atoms with van der Waals surface area (Å²) < 4.78 is 0. The average molecular weight is 288 g/mol. The highest BCUT2D eigenvalue weighted by Crippen LogP contribution is 2.30. The van der Waals surface area contributed by atoms with Crippen LogP contribution < -0.4 is 10.6 Å². The number of hydrogen-bond acceptors (Lipinski definition) is 3. The number of rotatable bonds is 4. The van der Waals surface area contributed by atoms with E-state index in [1.54, 1.807) is 0 Å². The summed E-state index contributed by atoms with van der Waals surface area (Å²) >= 11 is 4.86. The van der Waals surface area contributed by atoms with Crippen molar-refractivity contribution in [1.82, 2.24) is 10.6 Å². The Kier molecular flexibility index (Phi) is 4.29. The number of carbonyl (C=O) groups is 2. The molecule has 1 aromatic rings. The number of thiocarbonyl (C=S) groups is 1. The smallest absolute Gasteiger partial charge is 0.242 e. The predicted octanol–water partition coefficient (Wildman–Crippen LogP) is 1.71. The van der Waals surface area contributed by atoms with Gasteiger partial charge in [0.25, 0.3) is 0 Å². The Morgan fingerprint density at radius 1 is 1.15 bits per heavy atom. The number of benzene rings is 1. The summed E-state index contributed by atoms with van der Waals surface area (Å²) in [6, 6.07) is 9.50. The lowest BCUT2D eigenvalue weighted by atomic mass is 9.76. The summed E-state index contributed by atoms with van der Waals surface area (Å²) in [7, 11) is 0. The molecule has 4 nitrogen and oxygen atoms in total. The van der Waals surface area contributed by atoms with Gasteiger partial charge in [0.05, 0.1) is 0 Å². The zero-order valence-corrected chi connectivity index (χ0v) is 12.0. The van der Waals surface area contributed by atoms with Gasteiger partial charge in [0.1, 0.15) is 5.41 Å². The van der Waals surface area contributed by atoms with Crippen LogP contribution in [0.15, 0.2) is 42.5 Å². The monoisotopic (exact) mass is 288 g/mol. The van der Waals surface area contributed by atoms with Gasteiger partial charge in [-0.2, -0.15) is 0 Å². The fourth-order valence-corrected chi connectivity index (χ4v) is 2.45. The third kappa shape index (κ3) is 2.77. The van der Waals surface area contributed by atoms with Crippen LogP contribution in [0.25, 0.3) is 0 Å². The second-order valence-electron chi connectivity index (χ2n) is 4.76. The van der Waals surface area contributed by atoms with Crippen LogP contribution in [0.1, 0.15) is 18.9 Å².